The molecule has 1 aromatic heterocycles. The number of ketones is 1. The molecule has 210 valence electrons. The highest BCUT2D eigenvalue weighted by Gasteiger charge is 2.41. The van der Waals surface area contributed by atoms with Gasteiger partial charge in [-0.3, -0.25) is 14.4 Å². The fourth-order valence-electron chi connectivity index (χ4n) is 4.31. The monoisotopic (exact) mass is 646 g/mol. The first-order valence-electron chi connectivity index (χ1n) is 12.5. The number of rotatable bonds is 8. The lowest BCUT2D eigenvalue weighted by Crippen LogP contribution is -2.31. The van der Waals surface area contributed by atoms with Crippen LogP contribution in [0.5, 0.6) is 11.5 Å². The fourth-order valence-corrected chi connectivity index (χ4v) is 5.50. The number of benzene rings is 3. The molecule has 1 saturated heterocycles. The van der Waals surface area contributed by atoms with Crippen LogP contribution >= 0.6 is 27.7 Å². The second kappa shape index (κ2) is 11.7. The van der Waals surface area contributed by atoms with Gasteiger partial charge in [0.2, 0.25) is 23.8 Å². The lowest BCUT2D eigenvalue weighted by molar-refractivity contribution is -0.121. The minimum Gasteiger partial charge on any atom is -0.454 e. The van der Waals surface area contributed by atoms with Gasteiger partial charge in [-0.2, -0.15) is 5.10 Å². The Labute approximate surface area is 251 Å². The molecular formula is C29H19BrN4O7S. The number of fused-ring (bicyclic) bond motifs is 1. The minimum atomic E-state index is -0.749. The van der Waals surface area contributed by atoms with Crippen LogP contribution in [0.1, 0.15) is 27.1 Å². The minimum absolute atomic E-state index is 0.0525. The van der Waals surface area contributed by atoms with Crippen molar-refractivity contribution in [3.05, 3.63) is 88.5 Å². The average Bonchev–Trinajstić information content (AvgIpc) is 3.59. The molecule has 2 aliphatic heterocycles. The number of carbonyl (C=O) groups is 4. The van der Waals surface area contributed by atoms with Crippen molar-refractivity contribution in [3.8, 4) is 22.8 Å². The number of imide groups is 1. The second-order valence-electron chi connectivity index (χ2n) is 9.12. The first-order chi connectivity index (χ1) is 20.4. The van der Waals surface area contributed by atoms with Gasteiger partial charge in [0.15, 0.2) is 23.9 Å². The third-order valence-corrected chi connectivity index (χ3v) is 7.99. The van der Waals surface area contributed by atoms with Crippen molar-refractivity contribution in [2.24, 2.45) is 0 Å². The molecule has 11 nitrogen and oxygen atoms in total. The summed E-state index contributed by atoms with van der Waals surface area (Å²) in [5.41, 5.74) is 2.17. The molecule has 0 bridgehead atoms. The summed E-state index contributed by atoms with van der Waals surface area (Å²) in [4.78, 5) is 56.3. The number of carbonyl (C=O) groups excluding carboxylic acids is 4. The number of amides is 2. The van der Waals surface area contributed by atoms with E-state index in [1.165, 1.54) is 30.5 Å². The summed E-state index contributed by atoms with van der Waals surface area (Å²) < 4.78 is 16.7. The molecule has 2 aliphatic rings. The molecule has 3 heterocycles. The molecule has 4 aromatic rings. The Kier molecular flexibility index (Phi) is 7.68. The standard InChI is InChI=1S/C29H19BrN4O7S/c30-19-6-1-16(2-7-19)22(35)14-39-28(38)17-3-8-20(9-4-17)34-26(36)12-25(27(34)37)42-29-32-21(13-31-33-29)18-5-10-23-24(11-18)41-15-40-23/h1-11,13,25H,12,14-15H2. The van der Waals surface area contributed by atoms with E-state index in [-0.39, 0.29) is 29.7 Å². The van der Waals surface area contributed by atoms with Gasteiger partial charge in [0, 0.05) is 22.0 Å². The van der Waals surface area contributed by atoms with Crippen LogP contribution in [0.2, 0.25) is 0 Å². The molecule has 0 saturated carbocycles. The summed E-state index contributed by atoms with van der Waals surface area (Å²) in [7, 11) is 0. The Morgan fingerprint density at radius 3 is 2.50 bits per heavy atom. The van der Waals surface area contributed by atoms with Crippen LogP contribution in [0, 0.1) is 0 Å². The van der Waals surface area contributed by atoms with Crippen LogP contribution in [-0.4, -0.2) is 57.4 Å². The molecular weight excluding hydrogens is 628 g/mol. The van der Waals surface area contributed by atoms with Crippen LogP contribution in [0.15, 0.2) is 82.6 Å². The maximum Gasteiger partial charge on any atom is 0.338 e. The van der Waals surface area contributed by atoms with Crippen molar-refractivity contribution in [2.75, 3.05) is 18.3 Å². The zero-order chi connectivity index (χ0) is 29.2. The summed E-state index contributed by atoms with van der Waals surface area (Å²) >= 11 is 4.35. The van der Waals surface area contributed by atoms with Crippen molar-refractivity contribution in [2.45, 2.75) is 16.8 Å². The van der Waals surface area contributed by atoms with E-state index >= 15 is 0 Å². The smallest absolute Gasteiger partial charge is 0.338 e. The highest BCUT2D eigenvalue weighted by atomic mass is 79.9. The third-order valence-electron chi connectivity index (χ3n) is 6.42. The number of Topliss-reactive ketones (excluding diaryl/α,β-unsaturated/α-hetero) is 1. The van der Waals surface area contributed by atoms with Crippen LogP contribution in [0.4, 0.5) is 5.69 Å². The van der Waals surface area contributed by atoms with E-state index in [1.54, 1.807) is 36.4 Å². The Bertz CT molecular complexity index is 1720. The molecule has 0 N–H and O–H groups in total. The molecule has 42 heavy (non-hydrogen) atoms. The first kappa shape index (κ1) is 27.5. The Morgan fingerprint density at radius 1 is 0.976 bits per heavy atom. The summed E-state index contributed by atoms with van der Waals surface area (Å²) in [6.45, 7) is -0.269. The molecule has 0 spiro atoms. The Hall–Kier alpha value is -4.62. The van der Waals surface area contributed by atoms with Crippen molar-refractivity contribution >= 4 is 56.9 Å². The van der Waals surface area contributed by atoms with Gasteiger partial charge in [-0.25, -0.2) is 14.7 Å². The van der Waals surface area contributed by atoms with Gasteiger partial charge in [0.1, 0.15) is 5.25 Å². The molecule has 0 aliphatic carbocycles. The zero-order valence-electron chi connectivity index (χ0n) is 21.6. The molecule has 1 unspecified atom stereocenters. The Morgan fingerprint density at radius 2 is 1.71 bits per heavy atom. The normalized spacial score (nSPS) is 15.6. The van der Waals surface area contributed by atoms with Crippen LogP contribution in [-0.2, 0) is 14.3 Å². The van der Waals surface area contributed by atoms with Gasteiger partial charge in [0.05, 0.1) is 23.1 Å². The number of esters is 1. The van der Waals surface area contributed by atoms with Gasteiger partial charge in [-0.1, -0.05) is 39.8 Å². The van der Waals surface area contributed by atoms with Crippen molar-refractivity contribution in [1.29, 1.82) is 0 Å². The van der Waals surface area contributed by atoms with Gasteiger partial charge in [-0.15, -0.1) is 5.10 Å². The van der Waals surface area contributed by atoms with E-state index in [9.17, 15) is 19.2 Å². The third kappa shape index (κ3) is 5.74. The van der Waals surface area contributed by atoms with Crippen molar-refractivity contribution < 1.29 is 33.4 Å². The quantitative estimate of drug-likeness (QED) is 0.152. The molecule has 0 radical (unpaired) electrons. The van der Waals surface area contributed by atoms with Gasteiger partial charge >= 0.3 is 5.97 Å². The number of aromatic nitrogens is 3. The predicted molar refractivity (Wildman–Crippen MR) is 153 cm³/mol. The zero-order valence-corrected chi connectivity index (χ0v) is 24.0. The van der Waals surface area contributed by atoms with E-state index in [0.717, 1.165) is 26.7 Å². The molecule has 2 amide bonds. The highest BCUT2D eigenvalue weighted by Crippen LogP contribution is 2.36. The lowest BCUT2D eigenvalue weighted by Gasteiger charge is -2.15. The first-order valence-corrected chi connectivity index (χ1v) is 14.2. The van der Waals surface area contributed by atoms with E-state index in [0.29, 0.717) is 28.4 Å². The number of ether oxygens (including phenoxy) is 3. The number of nitrogens with zero attached hydrogens (tertiary/aromatic N) is 4. The fraction of sp³-hybridized carbons (Fsp3) is 0.138. The highest BCUT2D eigenvalue weighted by molar-refractivity contribution is 9.10. The molecule has 1 atom stereocenters. The van der Waals surface area contributed by atoms with Crippen LogP contribution in [0.3, 0.4) is 0 Å². The van der Waals surface area contributed by atoms with Crippen LogP contribution < -0.4 is 14.4 Å². The van der Waals surface area contributed by atoms with E-state index < -0.39 is 29.6 Å². The molecule has 13 heteroatoms. The van der Waals surface area contributed by atoms with Gasteiger partial charge in [-0.05, 0) is 54.6 Å². The lowest BCUT2D eigenvalue weighted by atomic mass is 10.1. The SMILES string of the molecule is O=C(COC(=O)c1ccc(N2C(=O)CC(Sc3nncc(-c4ccc5c(c4)OCO5)n3)C2=O)cc1)c1ccc(Br)cc1. The van der Waals surface area contributed by atoms with E-state index in [4.69, 9.17) is 14.2 Å². The van der Waals surface area contributed by atoms with Crippen molar-refractivity contribution in [1.82, 2.24) is 15.2 Å². The number of anilines is 1. The van der Waals surface area contributed by atoms with Crippen LogP contribution in [0.25, 0.3) is 11.3 Å². The summed E-state index contributed by atoms with van der Waals surface area (Å²) in [5.74, 6) is -0.634. The molecule has 3 aromatic carbocycles. The average molecular weight is 647 g/mol. The number of hydrogen-bond donors (Lipinski definition) is 0. The maximum absolute atomic E-state index is 13.2. The largest absolute Gasteiger partial charge is 0.454 e. The topological polar surface area (TPSA) is 138 Å². The maximum atomic E-state index is 13.2. The van der Waals surface area contributed by atoms with E-state index in [1.807, 2.05) is 6.07 Å². The summed E-state index contributed by atoms with van der Waals surface area (Å²) in [6, 6.07) is 17.9. The number of thioether (sulfide) groups is 1. The van der Waals surface area contributed by atoms with E-state index in [2.05, 4.69) is 31.1 Å². The van der Waals surface area contributed by atoms with Crippen molar-refractivity contribution in [3.63, 3.8) is 0 Å². The molecule has 6 rings (SSSR count). The number of halogens is 1. The second-order valence-corrected chi connectivity index (χ2v) is 11.2. The summed E-state index contributed by atoms with van der Waals surface area (Å²) in [6.07, 6.45) is 1.45. The summed E-state index contributed by atoms with van der Waals surface area (Å²) in [5, 5.41) is 7.53. The molecule has 1 fully saturated rings. The Balaban J connectivity index is 1.09. The van der Waals surface area contributed by atoms with Gasteiger partial charge in [0.25, 0.3) is 0 Å². The predicted octanol–water partition coefficient (Wildman–Crippen LogP) is 4.49. The number of hydrogen-bond acceptors (Lipinski definition) is 11. The van der Waals surface area contributed by atoms with Gasteiger partial charge < -0.3 is 14.2 Å².